The van der Waals surface area contributed by atoms with Crippen molar-refractivity contribution in [1.82, 2.24) is 0 Å². The lowest BCUT2D eigenvalue weighted by molar-refractivity contribution is -0.289. The van der Waals surface area contributed by atoms with E-state index < -0.39 is 0 Å². The molecule has 0 aromatic carbocycles. The highest BCUT2D eigenvalue weighted by molar-refractivity contribution is 8.00. The van der Waals surface area contributed by atoms with Gasteiger partial charge in [0.25, 0.3) is 0 Å². The third-order valence-corrected chi connectivity index (χ3v) is 4.48. The Hall–Kier alpha value is 0.270. The summed E-state index contributed by atoms with van der Waals surface area (Å²) in [5, 5.41) is 0. The molecule has 2 nitrogen and oxygen atoms in total. The van der Waals surface area contributed by atoms with Gasteiger partial charge >= 0.3 is 0 Å². The number of hydrogen-bond acceptors (Lipinski definition) is 3. The van der Waals surface area contributed by atoms with Crippen LogP contribution in [0.4, 0.5) is 0 Å². The van der Waals surface area contributed by atoms with Gasteiger partial charge in [-0.2, -0.15) is 11.8 Å². The molecule has 1 saturated carbocycles. The fourth-order valence-corrected chi connectivity index (χ4v) is 3.25. The molecule has 0 radical (unpaired) electrons. The minimum Gasteiger partial charge on any atom is -0.353 e. The second-order valence-corrected chi connectivity index (χ2v) is 4.65. The van der Waals surface area contributed by atoms with Gasteiger partial charge in [-0.15, -0.1) is 0 Å². The predicted molar refractivity (Wildman–Crippen MR) is 45.7 cm³/mol. The first-order valence-corrected chi connectivity index (χ1v) is 5.08. The van der Waals surface area contributed by atoms with Gasteiger partial charge in [0, 0.05) is 38.6 Å². The van der Waals surface area contributed by atoms with Gasteiger partial charge in [-0.25, -0.2) is 0 Å². The van der Waals surface area contributed by atoms with E-state index in [1.807, 2.05) is 11.8 Å². The van der Waals surface area contributed by atoms with Crippen molar-refractivity contribution >= 4 is 11.8 Å². The Balaban J connectivity index is 1.93. The van der Waals surface area contributed by atoms with E-state index >= 15 is 0 Å². The summed E-state index contributed by atoms with van der Waals surface area (Å²) in [6.45, 7) is 0. The highest BCUT2D eigenvalue weighted by atomic mass is 32.2. The molecule has 2 rings (SSSR count). The van der Waals surface area contributed by atoms with Crippen molar-refractivity contribution in [3.63, 3.8) is 0 Å². The van der Waals surface area contributed by atoms with Crippen LogP contribution in [-0.2, 0) is 9.47 Å². The van der Waals surface area contributed by atoms with E-state index in [-0.39, 0.29) is 5.79 Å². The third kappa shape index (κ3) is 1.02. The van der Waals surface area contributed by atoms with E-state index in [1.165, 1.54) is 11.5 Å². The molecule has 0 aromatic heterocycles. The average Bonchev–Trinajstić information content (AvgIpc) is 1.85. The fraction of sp³-hybridized carbons (Fsp3) is 1.00. The van der Waals surface area contributed by atoms with Crippen LogP contribution in [0.15, 0.2) is 0 Å². The van der Waals surface area contributed by atoms with Crippen LogP contribution in [0.2, 0.25) is 0 Å². The molecule has 0 unspecified atom stereocenters. The monoisotopic (exact) mass is 174 g/mol. The molecule has 2 fully saturated rings. The van der Waals surface area contributed by atoms with Crippen molar-refractivity contribution in [2.45, 2.75) is 18.6 Å². The number of ether oxygens (including phenoxy) is 2. The van der Waals surface area contributed by atoms with Crippen LogP contribution in [0.1, 0.15) is 12.8 Å². The van der Waals surface area contributed by atoms with Crippen molar-refractivity contribution in [2.24, 2.45) is 5.41 Å². The second-order valence-electron chi connectivity index (χ2n) is 3.67. The molecule has 0 bridgehead atoms. The Labute approximate surface area is 71.6 Å². The predicted octanol–water partition coefficient (Wildman–Crippen LogP) is 1.50. The smallest absolute Gasteiger partial charge is 0.168 e. The van der Waals surface area contributed by atoms with Crippen molar-refractivity contribution in [1.29, 1.82) is 0 Å². The molecule has 64 valence electrons. The van der Waals surface area contributed by atoms with Gasteiger partial charge < -0.3 is 9.47 Å². The Kier molecular flexibility index (Phi) is 1.71. The number of rotatable bonds is 2. The standard InChI is InChI=1S/C8H14O2S/c1-9-8(10-2)3-7(4-8)5-11-6-7/h3-6H2,1-2H3. The summed E-state index contributed by atoms with van der Waals surface area (Å²) in [5.74, 6) is 2.39. The topological polar surface area (TPSA) is 18.5 Å². The summed E-state index contributed by atoms with van der Waals surface area (Å²) in [6, 6.07) is 0. The molecule has 1 aliphatic heterocycles. The molecule has 1 spiro atoms. The van der Waals surface area contributed by atoms with E-state index in [9.17, 15) is 0 Å². The molecule has 0 amide bonds. The molecule has 11 heavy (non-hydrogen) atoms. The van der Waals surface area contributed by atoms with Crippen LogP contribution in [0, 0.1) is 5.41 Å². The van der Waals surface area contributed by atoms with E-state index in [4.69, 9.17) is 9.47 Å². The summed E-state index contributed by atoms with van der Waals surface area (Å²) in [4.78, 5) is 0. The van der Waals surface area contributed by atoms with Gasteiger partial charge in [0.05, 0.1) is 0 Å². The Bertz CT molecular complexity index is 151. The molecule has 0 aromatic rings. The summed E-state index contributed by atoms with van der Waals surface area (Å²) >= 11 is 2.03. The normalized spacial score (nSPS) is 31.1. The first kappa shape index (κ1) is 7.90. The third-order valence-electron chi connectivity index (χ3n) is 2.85. The molecule has 1 aliphatic carbocycles. The highest BCUT2D eigenvalue weighted by Crippen LogP contribution is 2.59. The molecular weight excluding hydrogens is 160 g/mol. The summed E-state index contributed by atoms with van der Waals surface area (Å²) in [5.41, 5.74) is 0.594. The van der Waals surface area contributed by atoms with Crippen LogP contribution >= 0.6 is 11.8 Å². The van der Waals surface area contributed by atoms with Crippen molar-refractivity contribution in [2.75, 3.05) is 25.7 Å². The molecular formula is C8H14O2S. The second kappa shape index (κ2) is 2.38. The van der Waals surface area contributed by atoms with Gasteiger partial charge in [-0.05, 0) is 5.41 Å². The first-order valence-electron chi connectivity index (χ1n) is 3.92. The lowest BCUT2D eigenvalue weighted by atomic mass is 9.66. The van der Waals surface area contributed by atoms with Gasteiger partial charge in [-0.3, -0.25) is 0 Å². The van der Waals surface area contributed by atoms with Crippen LogP contribution in [0.5, 0.6) is 0 Å². The van der Waals surface area contributed by atoms with E-state index in [2.05, 4.69) is 0 Å². The van der Waals surface area contributed by atoms with Gasteiger partial charge in [0.2, 0.25) is 0 Å². The molecule has 1 saturated heterocycles. The number of hydrogen-bond donors (Lipinski definition) is 0. The molecule has 0 N–H and O–H groups in total. The van der Waals surface area contributed by atoms with Crippen LogP contribution in [0.3, 0.4) is 0 Å². The summed E-state index contributed by atoms with van der Waals surface area (Å²) < 4.78 is 10.6. The minimum atomic E-state index is -0.221. The maximum absolute atomic E-state index is 5.32. The van der Waals surface area contributed by atoms with Gasteiger partial charge in [0.15, 0.2) is 5.79 Å². The molecule has 3 heteroatoms. The SMILES string of the molecule is COC1(OC)CC2(CSC2)C1. The lowest BCUT2D eigenvalue weighted by Gasteiger charge is -2.58. The maximum atomic E-state index is 5.32. The van der Waals surface area contributed by atoms with Crippen molar-refractivity contribution < 1.29 is 9.47 Å². The number of thioether (sulfide) groups is 1. The zero-order chi connectivity index (χ0) is 7.95. The highest BCUT2D eigenvalue weighted by Gasteiger charge is 2.58. The van der Waals surface area contributed by atoms with Gasteiger partial charge in [-0.1, -0.05) is 0 Å². The lowest BCUT2D eigenvalue weighted by Crippen LogP contribution is -2.60. The molecule has 2 aliphatic rings. The van der Waals surface area contributed by atoms with E-state index in [0.29, 0.717) is 5.41 Å². The zero-order valence-corrected chi connectivity index (χ0v) is 7.87. The summed E-state index contributed by atoms with van der Waals surface area (Å²) in [7, 11) is 3.48. The first-order chi connectivity index (χ1) is 5.24. The van der Waals surface area contributed by atoms with Gasteiger partial charge in [0.1, 0.15) is 0 Å². The molecule has 1 heterocycles. The maximum Gasteiger partial charge on any atom is 0.168 e. The van der Waals surface area contributed by atoms with Crippen molar-refractivity contribution in [3.8, 4) is 0 Å². The molecule has 0 atom stereocenters. The minimum absolute atomic E-state index is 0.221. The van der Waals surface area contributed by atoms with Crippen LogP contribution in [-0.4, -0.2) is 31.5 Å². The Morgan fingerprint density at radius 3 is 1.91 bits per heavy atom. The van der Waals surface area contributed by atoms with E-state index in [1.54, 1.807) is 14.2 Å². The quantitative estimate of drug-likeness (QED) is 0.591. The van der Waals surface area contributed by atoms with Crippen LogP contribution < -0.4 is 0 Å². The summed E-state index contributed by atoms with van der Waals surface area (Å²) in [6.07, 6.45) is 2.19. The Morgan fingerprint density at radius 1 is 1.09 bits per heavy atom. The average molecular weight is 174 g/mol. The fourth-order valence-electron chi connectivity index (χ4n) is 2.06. The van der Waals surface area contributed by atoms with Crippen molar-refractivity contribution in [3.05, 3.63) is 0 Å². The number of methoxy groups -OCH3 is 2. The van der Waals surface area contributed by atoms with E-state index in [0.717, 1.165) is 12.8 Å². The van der Waals surface area contributed by atoms with Crippen LogP contribution in [0.25, 0.3) is 0 Å². The Morgan fingerprint density at radius 2 is 1.64 bits per heavy atom. The zero-order valence-electron chi connectivity index (χ0n) is 7.05. The largest absolute Gasteiger partial charge is 0.353 e.